The van der Waals surface area contributed by atoms with Crippen molar-refractivity contribution in [1.29, 1.82) is 0 Å². The minimum atomic E-state index is -2.78. The molecule has 0 atom stereocenters. The maximum Gasteiger partial charge on any atom is 0.387 e. The highest BCUT2D eigenvalue weighted by atomic mass is 19.3. The van der Waals surface area contributed by atoms with Crippen molar-refractivity contribution in [2.24, 2.45) is 0 Å². The maximum absolute atomic E-state index is 11.8. The van der Waals surface area contributed by atoms with Crippen molar-refractivity contribution in [1.82, 2.24) is 5.32 Å². The standard InChI is InChI=1S/C11H11F2NO/c1-2-7-14-8-9-3-5-10(6-4-9)15-11(12)13/h1,3-6,11,14H,7-8H2. The van der Waals surface area contributed by atoms with E-state index in [0.717, 1.165) is 5.56 Å². The van der Waals surface area contributed by atoms with Gasteiger partial charge in [-0.1, -0.05) is 18.1 Å². The number of hydrogen-bond acceptors (Lipinski definition) is 2. The predicted octanol–water partition coefficient (Wildman–Crippen LogP) is 2.01. The Labute approximate surface area is 87.2 Å². The van der Waals surface area contributed by atoms with E-state index in [2.05, 4.69) is 16.0 Å². The van der Waals surface area contributed by atoms with Crippen molar-refractivity contribution in [3.05, 3.63) is 29.8 Å². The lowest BCUT2D eigenvalue weighted by Crippen LogP contribution is -2.12. The molecule has 0 amide bonds. The van der Waals surface area contributed by atoms with Crippen LogP contribution in [0.25, 0.3) is 0 Å². The van der Waals surface area contributed by atoms with Gasteiger partial charge in [0, 0.05) is 6.54 Å². The number of halogens is 2. The molecule has 0 aliphatic heterocycles. The van der Waals surface area contributed by atoms with Crippen molar-refractivity contribution in [3.63, 3.8) is 0 Å². The lowest BCUT2D eigenvalue weighted by Gasteiger charge is -2.05. The number of rotatable bonds is 5. The fourth-order valence-electron chi connectivity index (χ4n) is 1.07. The summed E-state index contributed by atoms with van der Waals surface area (Å²) in [5, 5.41) is 2.99. The third-order valence-corrected chi connectivity index (χ3v) is 1.70. The zero-order valence-corrected chi connectivity index (χ0v) is 8.04. The molecular formula is C11H11F2NO. The first-order chi connectivity index (χ1) is 7.22. The number of alkyl halides is 2. The van der Waals surface area contributed by atoms with Gasteiger partial charge in [0.15, 0.2) is 0 Å². The van der Waals surface area contributed by atoms with E-state index >= 15 is 0 Å². The van der Waals surface area contributed by atoms with Crippen LogP contribution in [-0.2, 0) is 6.54 Å². The Hall–Kier alpha value is -1.60. The third kappa shape index (κ3) is 4.43. The smallest absolute Gasteiger partial charge is 0.387 e. The molecule has 0 fully saturated rings. The van der Waals surface area contributed by atoms with Gasteiger partial charge in [-0.05, 0) is 17.7 Å². The molecule has 0 spiro atoms. The van der Waals surface area contributed by atoms with Crippen LogP contribution in [0, 0.1) is 12.3 Å². The summed E-state index contributed by atoms with van der Waals surface area (Å²) in [5.74, 6) is 2.60. The molecule has 0 aliphatic rings. The highest BCUT2D eigenvalue weighted by Gasteiger charge is 2.03. The molecule has 2 nitrogen and oxygen atoms in total. The largest absolute Gasteiger partial charge is 0.435 e. The molecule has 0 aromatic heterocycles. The first-order valence-corrected chi connectivity index (χ1v) is 4.40. The van der Waals surface area contributed by atoms with Crippen molar-refractivity contribution in [2.75, 3.05) is 6.54 Å². The van der Waals surface area contributed by atoms with Crippen LogP contribution in [0.1, 0.15) is 5.56 Å². The molecule has 1 aromatic carbocycles. The third-order valence-electron chi connectivity index (χ3n) is 1.70. The molecule has 0 saturated heterocycles. The Morgan fingerprint density at radius 2 is 2.00 bits per heavy atom. The van der Waals surface area contributed by atoms with Crippen LogP contribution in [0.4, 0.5) is 8.78 Å². The molecule has 0 unspecified atom stereocenters. The Kier molecular flexibility index (Phi) is 4.58. The second-order valence-electron chi connectivity index (χ2n) is 2.83. The molecule has 0 heterocycles. The van der Waals surface area contributed by atoms with Crippen LogP contribution >= 0.6 is 0 Å². The van der Waals surface area contributed by atoms with E-state index in [9.17, 15) is 8.78 Å². The lowest BCUT2D eigenvalue weighted by atomic mass is 10.2. The van der Waals surface area contributed by atoms with E-state index in [4.69, 9.17) is 6.42 Å². The Morgan fingerprint density at radius 3 is 2.53 bits per heavy atom. The summed E-state index contributed by atoms with van der Waals surface area (Å²) in [6, 6.07) is 6.42. The quantitative estimate of drug-likeness (QED) is 0.594. The Morgan fingerprint density at radius 1 is 1.33 bits per heavy atom. The Bertz CT molecular complexity index is 329. The van der Waals surface area contributed by atoms with Gasteiger partial charge in [0.1, 0.15) is 5.75 Å². The second kappa shape index (κ2) is 5.99. The monoisotopic (exact) mass is 211 g/mol. The van der Waals surface area contributed by atoms with Crippen LogP contribution < -0.4 is 10.1 Å². The fraction of sp³-hybridized carbons (Fsp3) is 0.273. The van der Waals surface area contributed by atoms with E-state index in [1.807, 2.05) is 0 Å². The first kappa shape index (κ1) is 11.5. The number of ether oxygens (including phenoxy) is 1. The predicted molar refractivity (Wildman–Crippen MR) is 53.6 cm³/mol. The van der Waals surface area contributed by atoms with Gasteiger partial charge in [0.25, 0.3) is 0 Å². The summed E-state index contributed by atoms with van der Waals surface area (Å²) in [6.07, 6.45) is 5.06. The highest BCUT2D eigenvalue weighted by Crippen LogP contribution is 2.14. The van der Waals surface area contributed by atoms with Crippen LogP contribution in [-0.4, -0.2) is 13.2 Å². The van der Waals surface area contributed by atoms with E-state index in [1.54, 1.807) is 12.1 Å². The molecule has 0 bridgehead atoms. The first-order valence-electron chi connectivity index (χ1n) is 4.40. The van der Waals surface area contributed by atoms with Gasteiger partial charge in [-0.25, -0.2) is 0 Å². The van der Waals surface area contributed by atoms with Crippen LogP contribution in [0.3, 0.4) is 0 Å². The summed E-state index contributed by atoms with van der Waals surface area (Å²) in [7, 11) is 0. The van der Waals surface area contributed by atoms with E-state index in [0.29, 0.717) is 13.1 Å². The van der Waals surface area contributed by atoms with Gasteiger partial charge in [0.05, 0.1) is 6.54 Å². The second-order valence-corrected chi connectivity index (χ2v) is 2.83. The maximum atomic E-state index is 11.8. The van der Waals surface area contributed by atoms with Gasteiger partial charge >= 0.3 is 6.61 Å². The molecular weight excluding hydrogens is 200 g/mol. The molecule has 0 radical (unpaired) electrons. The molecule has 1 rings (SSSR count). The highest BCUT2D eigenvalue weighted by molar-refractivity contribution is 5.27. The normalized spacial score (nSPS) is 10.0. The minimum Gasteiger partial charge on any atom is -0.435 e. The van der Waals surface area contributed by atoms with E-state index < -0.39 is 6.61 Å². The van der Waals surface area contributed by atoms with Gasteiger partial charge in [-0.15, -0.1) is 6.42 Å². The molecule has 0 saturated carbocycles. The van der Waals surface area contributed by atoms with Crippen molar-refractivity contribution in [2.45, 2.75) is 13.2 Å². The van der Waals surface area contributed by atoms with Gasteiger partial charge < -0.3 is 10.1 Å². The number of benzene rings is 1. The minimum absolute atomic E-state index is 0.158. The van der Waals surface area contributed by atoms with Crippen molar-refractivity contribution < 1.29 is 13.5 Å². The van der Waals surface area contributed by atoms with Crippen LogP contribution in [0.2, 0.25) is 0 Å². The number of hydrogen-bond donors (Lipinski definition) is 1. The zero-order valence-electron chi connectivity index (χ0n) is 8.04. The Balaban J connectivity index is 2.46. The van der Waals surface area contributed by atoms with Crippen LogP contribution in [0.15, 0.2) is 24.3 Å². The molecule has 80 valence electrons. The van der Waals surface area contributed by atoms with Crippen molar-refractivity contribution in [3.8, 4) is 18.1 Å². The van der Waals surface area contributed by atoms with Crippen LogP contribution in [0.5, 0.6) is 5.75 Å². The van der Waals surface area contributed by atoms with Crippen molar-refractivity contribution >= 4 is 0 Å². The molecule has 15 heavy (non-hydrogen) atoms. The molecule has 0 aliphatic carbocycles. The summed E-state index contributed by atoms with van der Waals surface area (Å²) >= 11 is 0. The zero-order chi connectivity index (χ0) is 11.1. The van der Waals surface area contributed by atoms with Gasteiger partial charge in [-0.3, -0.25) is 0 Å². The van der Waals surface area contributed by atoms with E-state index in [-0.39, 0.29) is 5.75 Å². The summed E-state index contributed by atoms with van der Waals surface area (Å²) < 4.78 is 27.8. The summed E-state index contributed by atoms with van der Waals surface area (Å²) in [4.78, 5) is 0. The lowest BCUT2D eigenvalue weighted by molar-refractivity contribution is -0.0498. The number of nitrogens with one attached hydrogen (secondary N) is 1. The molecule has 1 aromatic rings. The summed E-state index contributed by atoms with van der Waals surface area (Å²) in [6.45, 7) is -1.69. The average Bonchev–Trinajstić information content (AvgIpc) is 2.20. The SMILES string of the molecule is C#CCNCc1ccc(OC(F)F)cc1. The van der Waals surface area contributed by atoms with Gasteiger partial charge in [-0.2, -0.15) is 8.78 Å². The molecule has 4 heteroatoms. The average molecular weight is 211 g/mol. The number of terminal acetylenes is 1. The topological polar surface area (TPSA) is 21.3 Å². The molecule has 1 N–H and O–H groups in total. The van der Waals surface area contributed by atoms with Gasteiger partial charge in [0.2, 0.25) is 0 Å². The fourth-order valence-corrected chi connectivity index (χ4v) is 1.07. The van der Waals surface area contributed by atoms with E-state index in [1.165, 1.54) is 12.1 Å². The summed E-state index contributed by atoms with van der Waals surface area (Å²) in [5.41, 5.74) is 0.965.